The molecular formula is C18H4Cl4F6N2O4. The Morgan fingerprint density at radius 1 is 0.500 bits per heavy atom. The Kier molecular flexibility index (Phi) is 5.56. The van der Waals surface area contributed by atoms with Gasteiger partial charge in [-0.05, 0) is 0 Å². The monoisotopic (exact) mass is 566 g/mol. The van der Waals surface area contributed by atoms with Gasteiger partial charge < -0.3 is 0 Å². The van der Waals surface area contributed by atoms with Crippen LogP contribution in [0.4, 0.5) is 26.3 Å². The van der Waals surface area contributed by atoms with E-state index in [-0.39, 0.29) is 9.80 Å². The molecular weight excluding hydrogens is 564 g/mol. The molecule has 0 saturated heterocycles. The number of alkyl halides is 6. The molecule has 0 radical (unpaired) electrons. The van der Waals surface area contributed by atoms with Crippen LogP contribution in [0.25, 0.3) is 10.8 Å². The molecule has 2 aromatic carbocycles. The van der Waals surface area contributed by atoms with Gasteiger partial charge in [-0.25, -0.2) is 0 Å². The molecule has 0 fully saturated rings. The third kappa shape index (κ3) is 3.50. The molecule has 0 unspecified atom stereocenters. The molecule has 4 rings (SSSR count). The summed E-state index contributed by atoms with van der Waals surface area (Å²) >= 11 is 24.3. The Labute approximate surface area is 203 Å². The lowest BCUT2D eigenvalue weighted by molar-refractivity contribution is -0.137. The summed E-state index contributed by atoms with van der Waals surface area (Å²) in [6.45, 7) is -4.09. The normalized spacial score (nSPS) is 16.3. The van der Waals surface area contributed by atoms with E-state index in [1.165, 1.54) is 0 Å². The predicted octanol–water partition coefficient (Wildman–Crippen LogP) is 5.77. The van der Waals surface area contributed by atoms with Gasteiger partial charge in [0.25, 0.3) is 23.6 Å². The van der Waals surface area contributed by atoms with Gasteiger partial charge in [0, 0.05) is 10.8 Å². The molecule has 2 heterocycles. The van der Waals surface area contributed by atoms with E-state index in [1.54, 1.807) is 0 Å². The maximum Gasteiger partial charge on any atom is 0.406 e. The van der Waals surface area contributed by atoms with Crippen molar-refractivity contribution in [3.8, 4) is 0 Å². The zero-order valence-corrected chi connectivity index (χ0v) is 18.7. The van der Waals surface area contributed by atoms with Crippen molar-refractivity contribution in [3.63, 3.8) is 0 Å². The Hall–Kier alpha value is -2.28. The van der Waals surface area contributed by atoms with Gasteiger partial charge in [0.15, 0.2) is 0 Å². The molecule has 0 aliphatic carbocycles. The van der Waals surface area contributed by atoms with Crippen LogP contribution in [0.15, 0.2) is 0 Å². The Morgan fingerprint density at radius 2 is 0.706 bits per heavy atom. The van der Waals surface area contributed by atoms with E-state index in [1.807, 2.05) is 0 Å². The first kappa shape index (κ1) is 24.8. The second-order valence-electron chi connectivity index (χ2n) is 7.13. The highest BCUT2D eigenvalue weighted by Gasteiger charge is 2.49. The fourth-order valence-corrected chi connectivity index (χ4v) is 4.88. The van der Waals surface area contributed by atoms with Crippen LogP contribution >= 0.6 is 46.4 Å². The quantitative estimate of drug-likeness (QED) is 0.341. The molecule has 4 amide bonds. The largest absolute Gasteiger partial charge is 0.406 e. The first-order valence-corrected chi connectivity index (χ1v) is 10.2. The number of imide groups is 2. The third-order valence-corrected chi connectivity index (χ3v) is 6.73. The number of rotatable bonds is 2. The summed E-state index contributed by atoms with van der Waals surface area (Å²) in [4.78, 5) is 51.0. The standard InChI is InChI=1S/C18H4Cl4F6N2O4/c19-9-5-3-4-7(11(9)21)15(33)30(2-18(26,27)28)16(34)8(4)12(22)10(20)6(3)14(32)29(13(5)31)1-17(23,24)25/h1-2H2. The van der Waals surface area contributed by atoms with Crippen LogP contribution in [-0.4, -0.2) is 58.9 Å². The highest BCUT2D eigenvalue weighted by atomic mass is 35.5. The Morgan fingerprint density at radius 3 is 0.882 bits per heavy atom. The number of hydrogen-bond donors (Lipinski definition) is 0. The minimum Gasteiger partial charge on any atom is -0.269 e. The molecule has 2 aliphatic heterocycles. The summed E-state index contributed by atoms with van der Waals surface area (Å²) in [7, 11) is 0. The van der Waals surface area contributed by atoms with Crippen molar-refractivity contribution in [2.75, 3.05) is 13.1 Å². The molecule has 0 saturated carbocycles. The molecule has 2 aromatic rings. The van der Waals surface area contributed by atoms with Gasteiger partial charge in [0.1, 0.15) is 13.1 Å². The van der Waals surface area contributed by atoms with E-state index in [4.69, 9.17) is 46.4 Å². The van der Waals surface area contributed by atoms with Gasteiger partial charge in [0.2, 0.25) is 0 Å². The maximum atomic E-state index is 13.0. The highest BCUT2D eigenvalue weighted by Crippen LogP contribution is 2.50. The van der Waals surface area contributed by atoms with Crippen LogP contribution in [0, 0.1) is 0 Å². The molecule has 34 heavy (non-hydrogen) atoms. The van der Waals surface area contributed by atoms with E-state index in [2.05, 4.69) is 0 Å². The van der Waals surface area contributed by atoms with Crippen molar-refractivity contribution in [3.05, 3.63) is 42.3 Å². The van der Waals surface area contributed by atoms with Crippen LogP contribution in [-0.2, 0) is 0 Å². The summed E-state index contributed by atoms with van der Waals surface area (Å²) < 4.78 is 78.2. The van der Waals surface area contributed by atoms with Crippen molar-refractivity contribution in [1.29, 1.82) is 0 Å². The second kappa shape index (κ2) is 7.61. The summed E-state index contributed by atoms with van der Waals surface area (Å²) in [6, 6.07) is 0. The van der Waals surface area contributed by atoms with Crippen molar-refractivity contribution in [1.82, 2.24) is 9.80 Å². The molecule has 0 aromatic heterocycles. The van der Waals surface area contributed by atoms with Crippen LogP contribution in [0.2, 0.25) is 20.1 Å². The van der Waals surface area contributed by atoms with Crippen LogP contribution in [0.1, 0.15) is 41.4 Å². The second-order valence-corrected chi connectivity index (χ2v) is 8.64. The molecule has 6 nitrogen and oxygen atoms in total. The number of carbonyl (C=O) groups is 4. The van der Waals surface area contributed by atoms with Gasteiger partial charge in [-0.15, -0.1) is 0 Å². The van der Waals surface area contributed by atoms with Gasteiger partial charge >= 0.3 is 12.4 Å². The van der Waals surface area contributed by atoms with Crippen molar-refractivity contribution >= 4 is 80.8 Å². The van der Waals surface area contributed by atoms with Crippen molar-refractivity contribution in [2.24, 2.45) is 0 Å². The molecule has 2 aliphatic rings. The fraction of sp³-hybridized carbons (Fsp3) is 0.222. The summed E-state index contributed by atoms with van der Waals surface area (Å²) in [5, 5.41) is -4.53. The van der Waals surface area contributed by atoms with E-state index >= 15 is 0 Å². The van der Waals surface area contributed by atoms with Gasteiger partial charge in [-0.1, -0.05) is 46.4 Å². The minimum absolute atomic E-state index is 0.230. The first-order valence-electron chi connectivity index (χ1n) is 8.69. The lowest BCUT2D eigenvalue weighted by Gasteiger charge is -2.34. The average molecular weight is 568 g/mol. The molecule has 0 spiro atoms. The number of hydrogen-bond acceptors (Lipinski definition) is 4. The van der Waals surface area contributed by atoms with E-state index in [0.717, 1.165) is 0 Å². The molecule has 0 atom stereocenters. The zero-order valence-electron chi connectivity index (χ0n) is 15.7. The average Bonchev–Trinajstić information content (AvgIpc) is 2.69. The number of carbonyl (C=O) groups excluding carboxylic acids is 4. The van der Waals surface area contributed by atoms with E-state index in [0.29, 0.717) is 0 Å². The molecule has 180 valence electrons. The van der Waals surface area contributed by atoms with E-state index in [9.17, 15) is 45.5 Å². The van der Waals surface area contributed by atoms with E-state index < -0.39 is 102 Å². The van der Waals surface area contributed by atoms with Crippen LogP contribution in [0.5, 0.6) is 0 Å². The minimum atomic E-state index is -5.04. The van der Waals surface area contributed by atoms with Gasteiger partial charge in [-0.2, -0.15) is 26.3 Å². The number of amides is 4. The topological polar surface area (TPSA) is 74.8 Å². The van der Waals surface area contributed by atoms with Crippen LogP contribution in [0.3, 0.4) is 0 Å². The zero-order chi connectivity index (χ0) is 25.7. The fourth-order valence-electron chi connectivity index (χ4n) is 3.80. The Bertz CT molecular complexity index is 1190. The van der Waals surface area contributed by atoms with Crippen molar-refractivity contribution in [2.45, 2.75) is 12.4 Å². The number of benzene rings is 2. The summed E-state index contributed by atoms with van der Waals surface area (Å²) in [6.07, 6.45) is -10.1. The lowest BCUT2D eigenvalue weighted by Crippen LogP contribution is -2.48. The SMILES string of the molecule is O=C1c2c(Cl)c(Cl)c3c4c(c(Cl)c(Cl)c(c24)C(=O)N1CC(F)(F)F)C(=O)N(CC(F)(F)F)C3=O. The maximum absolute atomic E-state index is 13.0. The van der Waals surface area contributed by atoms with Crippen LogP contribution < -0.4 is 0 Å². The van der Waals surface area contributed by atoms with Gasteiger partial charge in [0.05, 0.1) is 42.3 Å². The molecule has 0 N–H and O–H groups in total. The first-order chi connectivity index (χ1) is 15.5. The predicted molar refractivity (Wildman–Crippen MR) is 107 cm³/mol. The number of nitrogens with zero attached hydrogens (tertiary/aromatic N) is 2. The summed E-state index contributed by atoms with van der Waals surface area (Å²) in [5.74, 6) is -6.30. The smallest absolute Gasteiger partial charge is 0.269 e. The molecule has 0 bridgehead atoms. The number of halogens is 10. The van der Waals surface area contributed by atoms with Gasteiger partial charge in [-0.3, -0.25) is 29.0 Å². The Balaban J connectivity index is 2.15. The highest BCUT2D eigenvalue weighted by molar-refractivity contribution is 6.54. The summed E-state index contributed by atoms with van der Waals surface area (Å²) in [5.41, 5.74) is -3.19. The third-order valence-electron chi connectivity index (χ3n) is 5.02. The lowest BCUT2D eigenvalue weighted by atomic mass is 9.85. The molecule has 16 heteroatoms. The van der Waals surface area contributed by atoms with Crippen molar-refractivity contribution < 1.29 is 45.5 Å².